The van der Waals surface area contributed by atoms with E-state index in [-0.39, 0.29) is 42.9 Å². The van der Waals surface area contributed by atoms with Crippen LogP contribution in [0.4, 0.5) is 46.5 Å². The van der Waals surface area contributed by atoms with Crippen LogP contribution in [-0.2, 0) is 23.9 Å². The van der Waals surface area contributed by atoms with Gasteiger partial charge in [-0.05, 0) is 144 Å². The summed E-state index contributed by atoms with van der Waals surface area (Å²) in [5.41, 5.74) is 5.15. The molecule has 2 fully saturated rings. The van der Waals surface area contributed by atoms with Crippen LogP contribution >= 0.6 is 22.6 Å². The zero-order valence-corrected chi connectivity index (χ0v) is 55.4. The molecule has 0 unspecified atom stereocenters. The van der Waals surface area contributed by atoms with Crippen molar-refractivity contribution in [2.24, 2.45) is 10.8 Å². The Balaban J connectivity index is 0.000000185. The van der Waals surface area contributed by atoms with E-state index in [2.05, 4.69) is 147 Å². The lowest BCUT2D eigenvalue weighted by Crippen LogP contribution is -2.35. The molecule has 0 aliphatic heterocycles. The molecular weight excluding hydrogens is 1370 g/mol. The number of rotatable bonds is 16. The molecule has 0 bridgehead atoms. The van der Waals surface area contributed by atoms with E-state index in [9.17, 15) is 45.6 Å². The lowest BCUT2D eigenvalue weighted by Gasteiger charge is -2.22. The second-order valence-electron chi connectivity index (χ2n) is 26.2. The van der Waals surface area contributed by atoms with E-state index in [0.717, 1.165) is 35.0 Å². The summed E-state index contributed by atoms with van der Waals surface area (Å²) < 4.78 is 114. The van der Waals surface area contributed by atoms with E-state index in [1.807, 2.05) is 24.3 Å². The summed E-state index contributed by atoms with van der Waals surface area (Å²) in [5, 5.41) is 61.4. The predicted molar refractivity (Wildman–Crippen MR) is 350 cm³/mol. The number of hydrogen-bond donors (Lipinski definition) is 4. The summed E-state index contributed by atoms with van der Waals surface area (Å²) in [6.07, 6.45) is 5.93. The number of halogens is 9. The number of fused-ring (bicyclic) bond motifs is 2. The highest BCUT2D eigenvalue weighted by atomic mass is 127. The molecule has 2 aliphatic rings. The first kappa shape index (κ1) is 69.6. The summed E-state index contributed by atoms with van der Waals surface area (Å²) in [4.78, 5) is 32.7. The summed E-state index contributed by atoms with van der Waals surface area (Å²) >= 11 is 2.20. The van der Waals surface area contributed by atoms with Gasteiger partial charge in [0.1, 0.15) is 24.8 Å². The normalized spacial score (nSPS) is 14.7. The van der Waals surface area contributed by atoms with Gasteiger partial charge in [0, 0.05) is 104 Å². The zero-order valence-electron chi connectivity index (χ0n) is 53.2. The minimum absolute atomic E-state index is 0.0492. The molecule has 2 saturated carbocycles. The van der Waals surface area contributed by atoms with Gasteiger partial charge in [0.2, 0.25) is 11.9 Å². The molecule has 0 spiro atoms. The van der Waals surface area contributed by atoms with Gasteiger partial charge >= 0.3 is 19.5 Å². The van der Waals surface area contributed by atoms with Crippen LogP contribution in [0.1, 0.15) is 135 Å². The largest absolute Gasteiger partial charge is 0.491 e. The summed E-state index contributed by atoms with van der Waals surface area (Å²) in [7, 11) is -1.47. The number of hydrogen-bond acceptors (Lipinski definition) is 18. The second-order valence-corrected chi connectivity index (χ2v) is 27.4. The number of aryl methyl sites for hydroxylation is 2. The summed E-state index contributed by atoms with van der Waals surface area (Å²) in [6.45, 7) is 17.0. The highest BCUT2D eigenvalue weighted by Gasteiger charge is 2.67. The van der Waals surface area contributed by atoms with E-state index < -0.39 is 54.3 Å². The molecule has 30 heteroatoms. The number of aromatic nitrogens is 14. The van der Waals surface area contributed by atoms with Crippen molar-refractivity contribution < 1.29 is 45.2 Å². The van der Waals surface area contributed by atoms with Gasteiger partial charge in [-0.3, -0.25) is 9.97 Å². The number of nitriles is 2. The van der Waals surface area contributed by atoms with Crippen LogP contribution in [0.15, 0.2) is 111 Å². The molecule has 496 valence electrons. The highest BCUT2D eigenvalue weighted by Crippen LogP contribution is 2.56. The predicted octanol–water partition coefficient (Wildman–Crippen LogP) is 12.1. The lowest BCUT2D eigenvalue weighted by atomic mass is 9.83. The molecule has 4 N–H and O–H groups in total. The van der Waals surface area contributed by atoms with Crippen LogP contribution in [0.2, 0.25) is 0 Å². The third kappa shape index (κ3) is 15.4. The maximum Gasteiger partial charge on any atom is 0.491 e. The minimum Gasteiger partial charge on any atom is -0.423 e. The molecule has 0 amide bonds. The van der Waals surface area contributed by atoms with E-state index in [4.69, 9.17) is 10.0 Å². The standard InChI is InChI=1S/C33H31F4N9.C29H28F4IN7.C4H5BN2O2/c1-19-23(5-6-28(34)43-19)25(27-16-46(45-44-27)32(7-8-32)33(35,36)37)10-20-9-24(22-13-39-18-40-14-22)30-26(11-20)29(21(12-38)15-41-30)42-17-31(2,3)4;1-16-19(5-6-24(30)38-16)20(23-14-41(40-39-23)28(7-8-28)29(31,32)33)9-17-10-21-25(37-15-27(2,3)4)18(12-35)13-36-26(21)22(34)11-17;8-5(9)4-1-6-3-7-2-4/h5-6,9,11,13-16,18,25H,7-8,10,17H2,1-4H3,(H,41,42);5-6,10-11,13-14,20H,7-9,15H2,1-4H3,(H,36,37);1-3,8-9H/t25-;20-;/m00./s1. The van der Waals surface area contributed by atoms with Gasteiger partial charge in [0.15, 0.2) is 11.1 Å². The van der Waals surface area contributed by atoms with Crippen molar-refractivity contribution in [2.75, 3.05) is 23.7 Å². The molecule has 2 aliphatic carbocycles. The number of anilines is 2. The molecule has 8 heterocycles. The number of pyridine rings is 4. The van der Waals surface area contributed by atoms with E-state index in [0.29, 0.717) is 103 Å². The quantitative estimate of drug-likeness (QED) is 0.0303. The number of nitrogens with one attached hydrogen (secondary N) is 2. The monoisotopic (exact) mass is 1430 g/mol. The van der Waals surface area contributed by atoms with Crippen molar-refractivity contribution in [3.05, 3.63) is 182 Å². The molecule has 2 aromatic carbocycles. The van der Waals surface area contributed by atoms with Crippen LogP contribution in [0.5, 0.6) is 0 Å². The Hall–Kier alpha value is -9.27. The second kappa shape index (κ2) is 27.5. The average molecular weight is 1430 g/mol. The van der Waals surface area contributed by atoms with Gasteiger partial charge in [-0.15, -0.1) is 10.2 Å². The fourth-order valence-corrected chi connectivity index (χ4v) is 12.0. The molecule has 8 aromatic heterocycles. The third-order valence-electron chi connectivity index (χ3n) is 16.5. The first-order chi connectivity index (χ1) is 45.3. The fraction of sp³-hybridized carbons (Fsp3) is 0.364. The Kier molecular flexibility index (Phi) is 19.9. The molecule has 12 rings (SSSR count). The Bertz CT molecular complexity index is 4560. The van der Waals surface area contributed by atoms with Crippen molar-refractivity contribution in [2.45, 2.75) is 129 Å². The summed E-state index contributed by atoms with van der Waals surface area (Å²) in [6, 6.07) is 17.8. The minimum atomic E-state index is -4.48. The Morgan fingerprint density at radius 2 is 1.02 bits per heavy atom. The van der Waals surface area contributed by atoms with Crippen molar-refractivity contribution in [1.29, 1.82) is 10.5 Å². The number of benzene rings is 2. The maximum absolute atomic E-state index is 14.1. The topological polar surface area (TPSA) is 277 Å². The van der Waals surface area contributed by atoms with Gasteiger partial charge in [-0.1, -0.05) is 64.1 Å². The SMILES string of the molecule is Cc1nc(F)ccc1[C@H](Cc1cc(-c2cncnc2)c2ncc(C#N)c(NCC(C)(C)C)c2c1)c1cn(C2(C(F)(F)F)CC2)nn1.Cc1nc(F)ccc1[C@H](Cc1cc(I)c2ncc(C#N)c(NCC(C)(C)C)c2c1)c1cn(C2(C(F)(F)F)CC2)nn1.OB(O)c1cncnc1. The van der Waals surface area contributed by atoms with Crippen LogP contribution in [-0.4, -0.2) is 112 Å². The Labute approximate surface area is 560 Å². The van der Waals surface area contributed by atoms with Crippen LogP contribution in [0.25, 0.3) is 32.9 Å². The Morgan fingerprint density at radius 3 is 1.41 bits per heavy atom. The van der Waals surface area contributed by atoms with Crippen LogP contribution in [0, 0.1) is 62.8 Å². The average Bonchev–Trinajstić information content (AvgIpc) is 1.45. The van der Waals surface area contributed by atoms with E-state index in [1.165, 1.54) is 55.8 Å². The van der Waals surface area contributed by atoms with Gasteiger partial charge in [-0.25, -0.2) is 39.3 Å². The van der Waals surface area contributed by atoms with Crippen molar-refractivity contribution >= 4 is 68.4 Å². The fourth-order valence-electron chi connectivity index (χ4n) is 11.1. The van der Waals surface area contributed by atoms with Gasteiger partial charge in [0.25, 0.3) is 0 Å². The lowest BCUT2D eigenvalue weighted by molar-refractivity contribution is -0.183. The van der Waals surface area contributed by atoms with Crippen LogP contribution < -0.4 is 16.1 Å². The molecule has 0 saturated heterocycles. The third-order valence-corrected chi connectivity index (χ3v) is 17.4. The van der Waals surface area contributed by atoms with E-state index in [1.54, 1.807) is 44.6 Å². The smallest absolute Gasteiger partial charge is 0.423 e. The van der Waals surface area contributed by atoms with Gasteiger partial charge < -0.3 is 20.7 Å². The van der Waals surface area contributed by atoms with Crippen molar-refractivity contribution in [3.63, 3.8) is 0 Å². The highest BCUT2D eigenvalue weighted by molar-refractivity contribution is 14.1. The zero-order chi connectivity index (χ0) is 69.3. The first-order valence-corrected chi connectivity index (χ1v) is 31.4. The Morgan fingerprint density at radius 1 is 0.604 bits per heavy atom. The molecular formula is C66H64BF8IN18O2. The molecule has 10 aromatic rings. The molecule has 96 heavy (non-hydrogen) atoms. The number of nitrogens with zero attached hydrogens (tertiary/aromatic N) is 16. The van der Waals surface area contributed by atoms with Gasteiger partial charge in [0.05, 0.1) is 57.3 Å². The number of alkyl halides is 6. The van der Waals surface area contributed by atoms with Crippen LogP contribution in [0.3, 0.4) is 0 Å². The molecule has 20 nitrogen and oxygen atoms in total. The first-order valence-electron chi connectivity index (χ1n) is 30.3. The van der Waals surface area contributed by atoms with Gasteiger partial charge in [-0.2, -0.15) is 45.6 Å². The van der Waals surface area contributed by atoms with Crippen molar-refractivity contribution in [1.82, 2.24) is 69.9 Å². The summed E-state index contributed by atoms with van der Waals surface area (Å²) in [5.74, 6) is -2.49. The van der Waals surface area contributed by atoms with Crippen molar-refractivity contribution in [3.8, 4) is 23.3 Å². The molecule has 2 atom stereocenters. The van der Waals surface area contributed by atoms with E-state index >= 15 is 0 Å². The molecule has 0 radical (unpaired) electrons. The maximum atomic E-state index is 14.1.